The van der Waals surface area contributed by atoms with Crippen LogP contribution in [-0.4, -0.2) is 23.3 Å². The van der Waals surface area contributed by atoms with Gasteiger partial charge in [-0.3, -0.25) is 14.5 Å². The number of hydrogen-bond donors (Lipinski definition) is 0. The first-order chi connectivity index (χ1) is 7.65. The van der Waals surface area contributed by atoms with Crippen LogP contribution in [0.25, 0.3) is 0 Å². The van der Waals surface area contributed by atoms with Gasteiger partial charge in [-0.25, -0.2) is 0 Å². The highest BCUT2D eigenvalue weighted by atomic mass is 35.5. The summed E-state index contributed by atoms with van der Waals surface area (Å²) in [6.07, 6.45) is 4.91. The maximum atomic E-state index is 12.0. The summed E-state index contributed by atoms with van der Waals surface area (Å²) in [5.41, 5.74) is 0. The average Bonchev–Trinajstić information content (AvgIpc) is 2.50. The van der Waals surface area contributed by atoms with Crippen LogP contribution in [0.2, 0.25) is 0 Å². The molecule has 0 saturated carbocycles. The summed E-state index contributed by atoms with van der Waals surface area (Å²) in [5.74, 6) is -0.354. The molecule has 1 heterocycles. The number of halogens is 1. The number of carbonyl (C=O) groups is 2. The van der Waals surface area contributed by atoms with E-state index in [4.69, 9.17) is 11.6 Å². The van der Waals surface area contributed by atoms with Crippen molar-refractivity contribution in [3.05, 3.63) is 11.1 Å². The molecule has 88 valence electrons. The second kappa shape index (κ2) is 4.58. The molecule has 2 aliphatic rings. The molecule has 16 heavy (non-hydrogen) atoms. The summed E-state index contributed by atoms with van der Waals surface area (Å²) in [7, 11) is 0. The summed E-state index contributed by atoms with van der Waals surface area (Å²) in [4.78, 5) is 25.4. The number of likely N-dealkylation sites (tertiary alicyclic amines) is 1. The van der Waals surface area contributed by atoms with Gasteiger partial charge in [-0.05, 0) is 19.3 Å². The van der Waals surface area contributed by atoms with E-state index in [2.05, 4.69) is 6.92 Å². The van der Waals surface area contributed by atoms with Crippen LogP contribution in [-0.2, 0) is 9.59 Å². The quantitative estimate of drug-likeness (QED) is 0.711. The molecule has 0 aromatic carbocycles. The summed E-state index contributed by atoms with van der Waals surface area (Å²) < 4.78 is 0. The number of imide groups is 1. The van der Waals surface area contributed by atoms with Crippen molar-refractivity contribution in [3.63, 3.8) is 0 Å². The molecule has 0 bridgehead atoms. The molecule has 2 rings (SSSR count). The van der Waals surface area contributed by atoms with E-state index < -0.39 is 0 Å². The molecular weight excluding hydrogens is 226 g/mol. The molecule has 1 fully saturated rings. The number of unbranched alkanes of at least 4 members (excludes halogenated alkanes) is 1. The van der Waals surface area contributed by atoms with E-state index >= 15 is 0 Å². The van der Waals surface area contributed by atoms with Crippen molar-refractivity contribution in [3.8, 4) is 0 Å². The fourth-order valence-corrected chi connectivity index (χ4v) is 2.69. The predicted octanol–water partition coefficient (Wildman–Crippen LogP) is 2.30. The molecule has 3 nitrogen and oxygen atoms in total. The first-order valence-corrected chi connectivity index (χ1v) is 6.22. The molecule has 0 spiro atoms. The van der Waals surface area contributed by atoms with Gasteiger partial charge in [0.05, 0.1) is 11.8 Å². The van der Waals surface area contributed by atoms with Crippen molar-refractivity contribution in [2.45, 2.75) is 32.6 Å². The Morgan fingerprint density at radius 1 is 1.38 bits per heavy atom. The van der Waals surface area contributed by atoms with Gasteiger partial charge in [-0.15, -0.1) is 0 Å². The lowest BCUT2D eigenvalue weighted by atomic mass is 9.85. The van der Waals surface area contributed by atoms with Gasteiger partial charge in [-0.1, -0.05) is 31.0 Å². The molecule has 0 N–H and O–H groups in total. The summed E-state index contributed by atoms with van der Waals surface area (Å²) in [6, 6.07) is 0. The summed E-state index contributed by atoms with van der Waals surface area (Å²) in [5, 5.41) is 0.722. The maximum absolute atomic E-state index is 12.0. The minimum atomic E-state index is -0.193. The van der Waals surface area contributed by atoms with Crippen molar-refractivity contribution in [2.24, 2.45) is 11.8 Å². The van der Waals surface area contributed by atoms with Crippen LogP contribution in [0.15, 0.2) is 11.1 Å². The molecular formula is C12H16ClNO2. The molecule has 1 saturated heterocycles. The van der Waals surface area contributed by atoms with Gasteiger partial charge in [0.2, 0.25) is 11.8 Å². The second-order valence-corrected chi connectivity index (χ2v) is 4.97. The van der Waals surface area contributed by atoms with E-state index in [1.165, 1.54) is 4.90 Å². The molecule has 0 aromatic rings. The molecule has 2 amide bonds. The Morgan fingerprint density at radius 2 is 2.06 bits per heavy atom. The highest BCUT2D eigenvalue weighted by Gasteiger charge is 2.47. The first kappa shape index (κ1) is 11.6. The Balaban J connectivity index is 2.12. The minimum Gasteiger partial charge on any atom is -0.282 e. The molecule has 0 unspecified atom stereocenters. The van der Waals surface area contributed by atoms with Crippen molar-refractivity contribution >= 4 is 23.4 Å². The number of amides is 2. The van der Waals surface area contributed by atoms with Gasteiger partial charge in [0.1, 0.15) is 0 Å². The lowest BCUT2D eigenvalue weighted by Gasteiger charge is -2.17. The highest BCUT2D eigenvalue weighted by molar-refractivity contribution is 6.30. The Morgan fingerprint density at radius 3 is 2.75 bits per heavy atom. The number of fused-ring (bicyclic) bond motifs is 1. The normalized spacial score (nSPS) is 29.4. The molecule has 2 atom stereocenters. The Kier molecular flexibility index (Phi) is 3.33. The van der Waals surface area contributed by atoms with Crippen LogP contribution in [0.3, 0.4) is 0 Å². The van der Waals surface area contributed by atoms with Gasteiger partial charge in [0, 0.05) is 11.6 Å². The lowest BCUT2D eigenvalue weighted by Crippen LogP contribution is -2.31. The van der Waals surface area contributed by atoms with Crippen molar-refractivity contribution in [1.29, 1.82) is 0 Å². The maximum Gasteiger partial charge on any atom is 0.233 e. The standard InChI is InChI=1S/C12H16ClNO2/c1-2-3-6-14-11(15)9-5-4-8(13)7-10(9)12(14)16/h4,9-10H,2-3,5-7H2,1H3/t9-,10-/m0/s1. The third kappa shape index (κ3) is 1.88. The molecule has 1 aliphatic carbocycles. The van der Waals surface area contributed by atoms with Crippen LogP contribution < -0.4 is 0 Å². The smallest absolute Gasteiger partial charge is 0.233 e. The Labute approximate surface area is 100 Å². The SMILES string of the molecule is CCCCN1C(=O)[C@H]2CC=C(Cl)C[C@@H]2C1=O. The molecule has 4 heteroatoms. The van der Waals surface area contributed by atoms with E-state index in [-0.39, 0.29) is 23.7 Å². The zero-order valence-corrected chi connectivity index (χ0v) is 10.2. The summed E-state index contributed by atoms with van der Waals surface area (Å²) >= 11 is 5.93. The minimum absolute atomic E-state index is 0.00358. The fourth-order valence-electron chi connectivity index (χ4n) is 2.43. The molecule has 0 radical (unpaired) electrons. The monoisotopic (exact) mass is 241 g/mol. The molecule has 0 aromatic heterocycles. The van der Waals surface area contributed by atoms with Gasteiger partial charge < -0.3 is 0 Å². The number of carbonyl (C=O) groups excluding carboxylic acids is 2. The number of rotatable bonds is 3. The number of allylic oxidation sites excluding steroid dienone is 2. The van der Waals surface area contributed by atoms with Crippen molar-refractivity contribution < 1.29 is 9.59 Å². The van der Waals surface area contributed by atoms with Gasteiger partial charge in [0.15, 0.2) is 0 Å². The van der Waals surface area contributed by atoms with Crippen LogP contribution in [0, 0.1) is 11.8 Å². The van der Waals surface area contributed by atoms with Gasteiger partial charge in [-0.2, -0.15) is 0 Å². The van der Waals surface area contributed by atoms with Crippen molar-refractivity contribution in [1.82, 2.24) is 4.90 Å². The zero-order chi connectivity index (χ0) is 11.7. The topological polar surface area (TPSA) is 37.4 Å². The summed E-state index contributed by atoms with van der Waals surface area (Å²) in [6.45, 7) is 2.62. The third-order valence-corrected chi connectivity index (χ3v) is 3.70. The number of hydrogen-bond acceptors (Lipinski definition) is 2. The fraction of sp³-hybridized carbons (Fsp3) is 0.667. The van der Waals surface area contributed by atoms with Crippen molar-refractivity contribution in [2.75, 3.05) is 6.54 Å². The lowest BCUT2D eigenvalue weighted by molar-refractivity contribution is -0.139. The van der Waals surface area contributed by atoms with Crippen LogP contribution in [0.5, 0.6) is 0 Å². The van der Waals surface area contributed by atoms with E-state index in [1.54, 1.807) is 0 Å². The van der Waals surface area contributed by atoms with Crippen LogP contribution in [0.4, 0.5) is 0 Å². The van der Waals surface area contributed by atoms with Crippen LogP contribution >= 0.6 is 11.6 Å². The first-order valence-electron chi connectivity index (χ1n) is 5.85. The zero-order valence-electron chi connectivity index (χ0n) is 9.41. The predicted molar refractivity (Wildman–Crippen MR) is 61.8 cm³/mol. The second-order valence-electron chi connectivity index (χ2n) is 4.49. The van der Waals surface area contributed by atoms with E-state index in [9.17, 15) is 9.59 Å². The molecule has 1 aliphatic heterocycles. The van der Waals surface area contributed by atoms with E-state index in [0.717, 1.165) is 17.9 Å². The highest BCUT2D eigenvalue weighted by Crippen LogP contribution is 2.38. The number of nitrogens with zero attached hydrogens (tertiary/aromatic N) is 1. The average molecular weight is 242 g/mol. The van der Waals surface area contributed by atoms with Gasteiger partial charge >= 0.3 is 0 Å². The van der Waals surface area contributed by atoms with E-state index in [1.807, 2.05) is 6.08 Å². The third-order valence-electron chi connectivity index (χ3n) is 3.40. The Bertz CT molecular complexity index is 351. The van der Waals surface area contributed by atoms with Crippen LogP contribution in [0.1, 0.15) is 32.6 Å². The Hall–Kier alpha value is -0.830. The largest absolute Gasteiger partial charge is 0.282 e. The van der Waals surface area contributed by atoms with E-state index in [0.29, 0.717) is 19.4 Å². The van der Waals surface area contributed by atoms with Gasteiger partial charge in [0.25, 0.3) is 0 Å².